The maximum absolute atomic E-state index is 12.1. The molecule has 19 heavy (non-hydrogen) atoms. The molecule has 1 aliphatic rings. The van der Waals surface area contributed by atoms with Gasteiger partial charge in [0.1, 0.15) is 0 Å². The zero-order valence-electron chi connectivity index (χ0n) is 11.0. The summed E-state index contributed by atoms with van der Waals surface area (Å²) < 4.78 is 23.6. The molecule has 1 aromatic rings. The Bertz CT molecular complexity index is 514. The summed E-state index contributed by atoms with van der Waals surface area (Å²) in [5.74, 6) is 0.302. The minimum Gasteiger partial charge on any atom is -0.342 e. The van der Waals surface area contributed by atoms with Crippen molar-refractivity contribution < 1.29 is 13.2 Å². The Morgan fingerprint density at radius 2 is 2.11 bits per heavy atom. The first-order valence-corrected chi connectivity index (χ1v) is 9.14. The van der Waals surface area contributed by atoms with Gasteiger partial charge < -0.3 is 4.90 Å². The van der Waals surface area contributed by atoms with Gasteiger partial charge in [-0.2, -0.15) is 0 Å². The van der Waals surface area contributed by atoms with Crippen molar-refractivity contribution in [2.45, 2.75) is 31.4 Å². The van der Waals surface area contributed by atoms with Crippen molar-refractivity contribution in [1.82, 2.24) is 4.90 Å². The molecular weight excluding hydrogens is 282 g/mol. The minimum absolute atomic E-state index is 0.106. The van der Waals surface area contributed by atoms with Crippen LogP contribution in [0.25, 0.3) is 0 Å². The van der Waals surface area contributed by atoms with Crippen LogP contribution in [0.2, 0.25) is 0 Å². The Hall–Kier alpha value is -0.880. The first-order chi connectivity index (χ1) is 9.03. The summed E-state index contributed by atoms with van der Waals surface area (Å²) in [6.07, 6.45) is 1.58. The Labute approximate surface area is 118 Å². The Kier molecular flexibility index (Phi) is 4.62. The Balaban J connectivity index is 1.88. The fourth-order valence-corrected chi connectivity index (χ4v) is 4.47. The highest BCUT2D eigenvalue weighted by molar-refractivity contribution is 7.92. The molecule has 0 aliphatic carbocycles. The zero-order chi connectivity index (χ0) is 13.9. The molecule has 1 aromatic heterocycles. The van der Waals surface area contributed by atoms with Gasteiger partial charge in [-0.15, -0.1) is 11.3 Å². The predicted octanol–water partition coefficient (Wildman–Crippen LogP) is 1.72. The number of rotatable bonds is 4. The average Bonchev–Trinajstić information content (AvgIpc) is 2.91. The van der Waals surface area contributed by atoms with Crippen LogP contribution >= 0.6 is 11.3 Å². The molecule has 1 aliphatic heterocycles. The summed E-state index contributed by atoms with van der Waals surface area (Å²) >= 11 is 1.58. The van der Waals surface area contributed by atoms with E-state index in [0.717, 1.165) is 4.88 Å². The van der Waals surface area contributed by atoms with Crippen molar-refractivity contribution in [2.24, 2.45) is 0 Å². The lowest BCUT2D eigenvalue weighted by atomic mass is 10.1. The van der Waals surface area contributed by atoms with Gasteiger partial charge in [-0.1, -0.05) is 13.0 Å². The van der Waals surface area contributed by atoms with Crippen molar-refractivity contribution in [2.75, 3.05) is 18.8 Å². The fourth-order valence-electron chi connectivity index (χ4n) is 2.37. The number of amides is 1. The van der Waals surface area contributed by atoms with Crippen LogP contribution in [-0.4, -0.2) is 43.3 Å². The molecule has 2 rings (SSSR count). The molecule has 0 unspecified atom stereocenters. The van der Waals surface area contributed by atoms with Gasteiger partial charge in [0.05, 0.1) is 11.7 Å². The smallest absolute Gasteiger partial charge is 0.227 e. The summed E-state index contributed by atoms with van der Waals surface area (Å²) in [4.78, 5) is 14.9. The van der Waals surface area contributed by atoms with Gasteiger partial charge in [-0.3, -0.25) is 4.79 Å². The normalized spacial score (nSPS) is 17.6. The fraction of sp³-hybridized carbons (Fsp3) is 0.615. The van der Waals surface area contributed by atoms with Crippen molar-refractivity contribution in [3.05, 3.63) is 22.4 Å². The van der Waals surface area contributed by atoms with E-state index in [-0.39, 0.29) is 16.9 Å². The van der Waals surface area contributed by atoms with Crippen LogP contribution in [0.1, 0.15) is 24.6 Å². The number of nitrogens with zero attached hydrogens (tertiary/aromatic N) is 1. The van der Waals surface area contributed by atoms with E-state index in [0.29, 0.717) is 32.4 Å². The molecule has 6 heteroatoms. The number of carbonyl (C=O) groups excluding carboxylic acids is 1. The van der Waals surface area contributed by atoms with Crippen LogP contribution in [0.5, 0.6) is 0 Å². The summed E-state index contributed by atoms with van der Waals surface area (Å²) in [5, 5.41) is 1.70. The van der Waals surface area contributed by atoms with Crippen LogP contribution in [0.3, 0.4) is 0 Å². The highest BCUT2D eigenvalue weighted by Crippen LogP contribution is 2.20. The second kappa shape index (κ2) is 6.05. The average molecular weight is 301 g/mol. The molecule has 0 spiro atoms. The molecule has 1 saturated heterocycles. The third-order valence-electron chi connectivity index (χ3n) is 3.61. The SMILES string of the molecule is CCS(=O)(=O)C1CCN(C(=O)Cc2cccs2)CC1. The van der Waals surface area contributed by atoms with Gasteiger partial charge >= 0.3 is 0 Å². The van der Waals surface area contributed by atoms with Crippen LogP contribution in [0.15, 0.2) is 17.5 Å². The first kappa shape index (κ1) is 14.5. The summed E-state index contributed by atoms with van der Waals surface area (Å²) in [6.45, 7) is 2.81. The lowest BCUT2D eigenvalue weighted by Crippen LogP contribution is -2.43. The lowest BCUT2D eigenvalue weighted by molar-refractivity contribution is -0.131. The van der Waals surface area contributed by atoms with E-state index in [1.807, 2.05) is 17.5 Å². The molecule has 1 fully saturated rings. The monoisotopic (exact) mass is 301 g/mol. The van der Waals surface area contributed by atoms with Gasteiger partial charge in [0.25, 0.3) is 0 Å². The Morgan fingerprint density at radius 3 is 2.63 bits per heavy atom. The summed E-state index contributed by atoms with van der Waals surface area (Å²) in [5.41, 5.74) is 0. The second-order valence-corrected chi connectivity index (χ2v) is 8.39. The van der Waals surface area contributed by atoms with E-state index >= 15 is 0 Å². The van der Waals surface area contributed by atoms with E-state index < -0.39 is 9.84 Å². The number of carbonyl (C=O) groups is 1. The molecule has 1 amide bonds. The first-order valence-electron chi connectivity index (χ1n) is 6.54. The lowest BCUT2D eigenvalue weighted by Gasteiger charge is -2.31. The summed E-state index contributed by atoms with van der Waals surface area (Å²) in [7, 11) is -2.96. The molecule has 0 saturated carbocycles. The number of thiophene rings is 1. The topological polar surface area (TPSA) is 54.5 Å². The largest absolute Gasteiger partial charge is 0.342 e. The van der Waals surface area contributed by atoms with Crippen LogP contribution in [-0.2, 0) is 21.1 Å². The maximum Gasteiger partial charge on any atom is 0.227 e. The number of sulfone groups is 1. The number of piperidine rings is 1. The van der Waals surface area contributed by atoms with Crippen molar-refractivity contribution in [1.29, 1.82) is 0 Å². The minimum atomic E-state index is -2.96. The van der Waals surface area contributed by atoms with E-state index in [4.69, 9.17) is 0 Å². The van der Waals surface area contributed by atoms with Crippen LogP contribution < -0.4 is 0 Å². The summed E-state index contributed by atoms with van der Waals surface area (Å²) in [6, 6.07) is 3.89. The standard InChI is InChI=1S/C13H19NO3S2/c1-2-19(16,17)12-5-7-14(8-6-12)13(15)10-11-4-3-9-18-11/h3-4,9,12H,2,5-8,10H2,1H3. The van der Waals surface area contributed by atoms with E-state index in [9.17, 15) is 13.2 Å². The maximum atomic E-state index is 12.1. The second-order valence-electron chi connectivity index (χ2n) is 4.79. The number of likely N-dealkylation sites (tertiary alicyclic amines) is 1. The quantitative estimate of drug-likeness (QED) is 0.851. The molecule has 106 valence electrons. The van der Waals surface area contributed by atoms with Gasteiger partial charge in [0, 0.05) is 23.7 Å². The highest BCUT2D eigenvalue weighted by Gasteiger charge is 2.30. The molecule has 0 aromatic carbocycles. The molecule has 4 nitrogen and oxygen atoms in total. The molecule has 2 heterocycles. The van der Waals surface area contributed by atoms with Crippen molar-refractivity contribution in [3.8, 4) is 0 Å². The van der Waals surface area contributed by atoms with E-state index in [1.165, 1.54) is 0 Å². The molecule has 0 N–H and O–H groups in total. The van der Waals surface area contributed by atoms with Gasteiger partial charge in [-0.25, -0.2) is 8.42 Å². The van der Waals surface area contributed by atoms with E-state index in [2.05, 4.69) is 0 Å². The number of hydrogen-bond acceptors (Lipinski definition) is 4. The van der Waals surface area contributed by atoms with Gasteiger partial charge in [0.2, 0.25) is 5.91 Å². The van der Waals surface area contributed by atoms with Gasteiger partial charge in [-0.05, 0) is 24.3 Å². The zero-order valence-corrected chi connectivity index (χ0v) is 12.7. The highest BCUT2D eigenvalue weighted by atomic mass is 32.2. The van der Waals surface area contributed by atoms with Crippen molar-refractivity contribution >= 4 is 27.1 Å². The molecule has 0 radical (unpaired) electrons. The van der Waals surface area contributed by atoms with Crippen LogP contribution in [0.4, 0.5) is 0 Å². The predicted molar refractivity (Wildman–Crippen MR) is 77.1 cm³/mol. The van der Waals surface area contributed by atoms with Gasteiger partial charge in [0.15, 0.2) is 9.84 Å². The van der Waals surface area contributed by atoms with Crippen LogP contribution in [0, 0.1) is 0 Å². The van der Waals surface area contributed by atoms with E-state index in [1.54, 1.807) is 23.2 Å². The molecular formula is C13H19NO3S2. The number of hydrogen-bond donors (Lipinski definition) is 0. The van der Waals surface area contributed by atoms with Crippen molar-refractivity contribution in [3.63, 3.8) is 0 Å². The molecule has 0 bridgehead atoms. The third kappa shape index (κ3) is 3.57. The molecule has 0 atom stereocenters. The Morgan fingerprint density at radius 1 is 1.42 bits per heavy atom. The third-order valence-corrected chi connectivity index (χ3v) is 6.78.